The van der Waals surface area contributed by atoms with Gasteiger partial charge in [0.1, 0.15) is 11.6 Å². The van der Waals surface area contributed by atoms with Crippen LogP contribution in [0.2, 0.25) is 5.02 Å². The Morgan fingerprint density at radius 3 is 2.31 bits per heavy atom. The Kier molecular flexibility index (Phi) is 6.36. The molecule has 0 aliphatic carbocycles. The first-order chi connectivity index (χ1) is 17.4. The zero-order valence-corrected chi connectivity index (χ0v) is 20.1. The fourth-order valence-corrected chi connectivity index (χ4v) is 4.19. The standard InChI is InChI=1S/C29H21ClFN3O2/c1-18-32-27-15-14-23(33-28(35)24-4-2-3-5-26(24)31)16-25(27)29(36)34(18)17-19-6-8-20(9-7-19)21-10-12-22(30)13-11-21/h2-16H,17H2,1H3,(H,33,35). The van der Waals surface area contributed by atoms with Crippen molar-refractivity contribution in [2.45, 2.75) is 13.5 Å². The third-order valence-corrected chi connectivity index (χ3v) is 6.25. The molecule has 5 aromatic rings. The van der Waals surface area contributed by atoms with Crippen molar-refractivity contribution in [1.82, 2.24) is 9.55 Å². The number of nitrogens with one attached hydrogen (secondary N) is 1. The smallest absolute Gasteiger partial charge is 0.261 e. The molecule has 0 atom stereocenters. The summed E-state index contributed by atoms with van der Waals surface area (Å²) in [5.41, 5.74) is 3.67. The highest BCUT2D eigenvalue weighted by atomic mass is 35.5. The first-order valence-corrected chi connectivity index (χ1v) is 11.7. The van der Waals surface area contributed by atoms with Crippen LogP contribution in [0.15, 0.2) is 95.8 Å². The number of benzene rings is 4. The SMILES string of the molecule is Cc1nc2ccc(NC(=O)c3ccccc3F)cc2c(=O)n1Cc1ccc(-c2ccc(Cl)cc2)cc1. The molecule has 0 saturated carbocycles. The summed E-state index contributed by atoms with van der Waals surface area (Å²) >= 11 is 5.98. The molecular formula is C29H21ClFN3O2. The second kappa shape index (κ2) is 9.76. The number of aryl methyl sites for hydroxylation is 1. The maximum atomic E-state index is 14.0. The van der Waals surface area contributed by atoms with E-state index in [4.69, 9.17) is 11.6 Å². The Labute approximate surface area is 211 Å². The van der Waals surface area contributed by atoms with E-state index in [1.54, 1.807) is 35.8 Å². The van der Waals surface area contributed by atoms with Crippen LogP contribution in [-0.4, -0.2) is 15.5 Å². The van der Waals surface area contributed by atoms with Crippen LogP contribution in [0.4, 0.5) is 10.1 Å². The number of carbonyl (C=O) groups excluding carboxylic acids is 1. The minimum absolute atomic E-state index is 0.0703. The van der Waals surface area contributed by atoms with Crippen LogP contribution in [0.1, 0.15) is 21.7 Å². The van der Waals surface area contributed by atoms with Gasteiger partial charge in [-0.1, -0.05) is 60.1 Å². The van der Waals surface area contributed by atoms with Crippen LogP contribution < -0.4 is 10.9 Å². The maximum absolute atomic E-state index is 14.0. The molecule has 1 amide bonds. The van der Waals surface area contributed by atoms with Crippen LogP contribution in [-0.2, 0) is 6.54 Å². The molecule has 5 rings (SSSR count). The predicted octanol–water partition coefficient (Wildman–Crippen LogP) is 6.47. The van der Waals surface area contributed by atoms with Crippen molar-refractivity contribution in [3.05, 3.63) is 129 Å². The zero-order chi connectivity index (χ0) is 25.2. The van der Waals surface area contributed by atoms with Gasteiger partial charge in [-0.3, -0.25) is 14.2 Å². The van der Waals surface area contributed by atoms with Gasteiger partial charge in [-0.05, 0) is 66.1 Å². The third-order valence-electron chi connectivity index (χ3n) is 5.99. The average Bonchev–Trinajstić information content (AvgIpc) is 2.88. The Hall–Kier alpha value is -4.29. The van der Waals surface area contributed by atoms with E-state index in [0.717, 1.165) is 16.7 Å². The van der Waals surface area contributed by atoms with Gasteiger partial charge in [-0.15, -0.1) is 0 Å². The molecule has 178 valence electrons. The zero-order valence-electron chi connectivity index (χ0n) is 19.3. The summed E-state index contributed by atoms with van der Waals surface area (Å²) < 4.78 is 15.6. The van der Waals surface area contributed by atoms with Crippen LogP contribution in [0.25, 0.3) is 22.0 Å². The van der Waals surface area contributed by atoms with E-state index in [9.17, 15) is 14.0 Å². The van der Waals surface area contributed by atoms with Crippen LogP contribution in [0, 0.1) is 12.7 Å². The first kappa shape index (κ1) is 23.5. The summed E-state index contributed by atoms with van der Waals surface area (Å²) in [6.07, 6.45) is 0. The number of hydrogen-bond donors (Lipinski definition) is 1. The topological polar surface area (TPSA) is 64.0 Å². The molecule has 1 heterocycles. The Morgan fingerprint density at radius 2 is 1.61 bits per heavy atom. The monoisotopic (exact) mass is 497 g/mol. The van der Waals surface area contributed by atoms with Gasteiger partial charge < -0.3 is 5.32 Å². The highest BCUT2D eigenvalue weighted by molar-refractivity contribution is 6.30. The summed E-state index contributed by atoms with van der Waals surface area (Å²) in [5, 5.41) is 3.71. The average molecular weight is 498 g/mol. The Balaban J connectivity index is 1.42. The van der Waals surface area contributed by atoms with Gasteiger partial charge in [0.25, 0.3) is 11.5 Å². The Bertz CT molecular complexity index is 1650. The van der Waals surface area contributed by atoms with Crippen LogP contribution in [0.5, 0.6) is 0 Å². The second-order valence-electron chi connectivity index (χ2n) is 8.42. The fraction of sp³-hybridized carbons (Fsp3) is 0.0690. The van der Waals surface area contributed by atoms with E-state index in [0.29, 0.717) is 34.0 Å². The van der Waals surface area contributed by atoms with Crippen LogP contribution in [0.3, 0.4) is 0 Å². The fourth-order valence-electron chi connectivity index (χ4n) is 4.07. The first-order valence-electron chi connectivity index (χ1n) is 11.3. The molecule has 0 aliphatic heterocycles. The summed E-state index contributed by atoms with van der Waals surface area (Å²) in [5.74, 6) is -0.622. The van der Waals surface area contributed by atoms with Gasteiger partial charge in [-0.2, -0.15) is 0 Å². The lowest BCUT2D eigenvalue weighted by Gasteiger charge is -2.13. The number of rotatable bonds is 5. The van der Waals surface area contributed by atoms with Crippen molar-refractivity contribution in [2.75, 3.05) is 5.32 Å². The largest absolute Gasteiger partial charge is 0.322 e. The van der Waals surface area contributed by atoms with Crippen molar-refractivity contribution in [3.63, 3.8) is 0 Å². The molecule has 1 aromatic heterocycles. The second-order valence-corrected chi connectivity index (χ2v) is 8.86. The lowest BCUT2D eigenvalue weighted by atomic mass is 10.0. The van der Waals surface area contributed by atoms with E-state index in [2.05, 4.69) is 10.3 Å². The lowest BCUT2D eigenvalue weighted by molar-refractivity contribution is 0.102. The van der Waals surface area contributed by atoms with Crippen molar-refractivity contribution in [3.8, 4) is 11.1 Å². The Morgan fingerprint density at radius 1 is 0.944 bits per heavy atom. The summed E-state index contributed by atoms with van der Waals surface area (Å²) in [7, 11) is 0. The number of hydrogen-bond acceptors (Lipinski definition) is 3. The molecule has 1 N–H and O–H groups in total. The number of amides is 1. The summed E-state index contributed by atoms with van der Waals surface area (Å²) in [6, 6.07) is 26.2. The van der Waals surface area contributed by atoms with Gasteiger partial charge in [0.15, 0.2) is 0 Å². The third kappa shape index (κ3) is 4.76. The van der Waals surface area contributed by atoms with Gasteiger partial charge in [0.05, 0.1) is 23.0 Å². The molecule has 36 heavy (non-hydrogen) atoms. The van der Waals surface area contributed by atoms with Gasteiger partial charge >= 0.3 is 0 Å². The van der Waals surface area contributed by atoms with Gasteiger partial charge in [0.2, 0.25) is 0 Å². The van der Waals surface area contributed by atoms with Gasteiger partial charge in [0, 0.05) is 10.7 Å². The summed E-state index contributed by atoms with van der Waals surface area (Å²) in [6.45, 7) is 2.14. The van der Waals surface area contributed by atoms with E-state index in [1.807, 2.05) is 48.5 Å². The number of carbonyl (C=O) groups is 1. The van der Waals surface area contributed by atoms with E-state index < -0.39 is 11.7 Å². The molecule has 5 nitrogen and oxygen atoms in total. The number of aromatic nitrogens is 2. The van der Waals surface area contributed by atoms with E-state index in [1.165, 1.54) is 18.2 Å². The molecule has 0 aliphatic rings. The quantitative estimate of drug-likeness (QED) is 0.303. The van der Waals surface area contributed by atoms with Crippen molar-refractivity contribution in [1.29, 1.82) is 0 Å². The molecule has 4 aromatic carbocycles. The van der Waals surface area contributed by atoms with Crippen molar-refractivity contribution in [2.24, 2.45) is 0 Å². The molecular weight excluding hydrogens is 477 g/mol. The predicted molar refractivity (Wildman–Crippen MR) is 141 cm³/mol. The molecule has 7 heteroatoms. The number of anilines is 1. The van der Waals surface area contributed by atoms with Crippen LogP contribution >= 0.6 is 11.6 Å². The highest BCUT2D eigenvalue weighted by Gasteiger charge is 2.14. The van der Waals surface area contributed by atoms with E-state index >= 15 is 0 Å². The molecule has 0 fully saturated rings. The molecule has 0 saturated heterocycles. The highest BCUT2D eigenvalue weighted by Crippen LogP contribution is 2.23. The van der Waals surface area contributed by atoms with Gasteiger partial charge in [-0.25, -0.2) is 9.37 Å². The summed E-state index contributed by atoms with van der Waals surface area (Å²) in [4.78, 5) is 30.5. The van der Waals surface area contributed by atoms with Crippen molar-refractivity contribution >= 4 is 34.1 Å². The number of halogens is 2. The molecule has 0 unspecified atom stereocenters. The minimum atomic E-state index is -0.613. The normalized spacial score (nSPS) is 11.0. The lowest BCUT2D eigenvalue weighted by Crippen LogP contribution is -2.24. The maximum Gasteiger partial charge on any atom is 0.261 e. The molecule has 0 bridgehead atoms. The minimum Gasteiger partial charge on any atom is -0.322 e. The van der Waals surface area contributed by atoms with E-state index in [-0.39, 0.29) is 11.1 Å². The number of fused-ring (bicyclic) bond motifs is 1. The molecule has 0 radical (unpaired) electrons. The van der Waals surface area contributed by atoms with Crippen molar-refractivity contribution < 1.29 is 9.18 Å². The molecule has 0 spiro atoms. The number of nitrogens with zero attached hydrogens (tertiary/aromatic N) is 2.